The Morgan fingerprint density at radius 1 is 1.16 bits per heavy atom. The summed E-state index contributed by atoms with van der Waals surface area (Å²) >= 11 is 0. The molecule has 0 aromatic rings. The van der Waals surface area contributed by atoms with Crippen LogP contribution in [0.15, 0.2) is 12.2 Å². The lowest BCUT2D eigenvalue weighted by molar-refractivity contribution is -0.144. The molecule has 2 aliphatic rings. The van der Waals surface area contributed by atoms with Crippen LogP contribution in [0.3, 0.4) is 0 Å². The lowest BCUT2D eigenvalue weighted by Gasteiger charge is -2.23. The maximum atomic E-state index is 11.3. The third-order valence-electron chi connectivity index (χ3n) is 3.73. The van der Waals surface area contributed by atoms with Gasteiger partial charge in [0.25, 0.3) is 0 Å². The minimum atomic E-state index is -0.612. The van der Waals surface area contributed by atoms with Crippen molar-refractivity contribution < 1.29 is 33.7 Å². The molecule has 1 amide bonds. The molecule has 0 spiro atoms. The van der Waals surface area contributed by atoms with Gasteiger partial charge >= 0.3 is 11.9 Å². The molecule has 0 saturated carbocycles. The predicted octanol–water partition coefficient (Wildman–Crippen LogP) is -0.852. The fourth-order valence-electron chi connectivity index (χ4n) is 2.26. The van der Waals surface area contributed by atoms with Crippen molar-refractivity contribution in [3.8, 4) is 0 Å². The monoisotopic (exact) mass is 358 g/mol. The molecule has 9 heteroatoms. The van der Waals surface area contributed by atoms with Crippen molar-refractivity contribution in [2.75, 3.05) is 53.2 Å². The minimum absolute atomic E-state index is 0.0337. The number of rotatable bonds is 4. The lowest BCUT2D eigenvalue weighted by atomic mass is 10.3. The molecule has 2 rings (SSSR count). The number of likely N-dealkylation sites (tertiary alicyclic amines) is 1. The SMILES string of the molecule is COC(=O)/C=C/C(=O)O[C@@H]1CCN(C(C)=O)C1.OCN1CCOCC1. The summed E-state index contributed by atoms with van der Waals surface area (Å²) in [6.45, 7) is 5.92. The van der Waals surface area contributed by atoms with Crippen LogP contribution in [0.1, 0.15) is 13.3 Å². The van der Waals surface area contributed by atoms with E-state index in [1.165, 1.54) is 14.0 Å². The van der Waals surface area contributed by atoms with E-state index in [0.717, 1.165) is 38.5 Å². The summed E-state index contributed by atoms with van der Waals surface area (Å²) in [5.41, 5.74) is 0. The number of methoxy groups -OCH3 is 1. The van der Waals surface area contributed by atoms with Crippen LogP contribution in [-0.4, -0.2) is 92.1 Å². The molecule has 2 saturated heterocycles. The fraction of sp³-hybridized carbons (Fsp3) is 0.688. The highest BCUT2D eigenvalue weighted by Crippen LogP contribution is 2.12. The molecular formula is C16H26N2O7. The molecule has 2 fully saturated rings. The van der Waals surface area contributed by atoms with E-state index in [0.29, 0.717) is 19.5 Å². The quantitative estimate of drug-likeness (QED) is 0.512. The number of carbonyl (C=O) groups excluding carboxylic acids is 3. The first kappa shape index (κ1) is 21.1. The first-order chi connectivity index (χ1) is 12.0. The summed E-state index contributed by atoms with van der Waals surface area (Å²) in [4.78, 5) is 36.6. The average Bonchev–Trinajstić information content (AvgIpc) is 3.09. The van der Waals surface area contributed by atoms with Crippen molar-refractivity contribution in [2.24, 2.45) is 0 Å². The highest BCUT2D eigenvalue weighted by atomic mass is 16.5. The maximum Gasteiger partial charge on any atom is 0.331 e. The first-order valence-electron chi connectivity index (χ1n) is 8.09. The molecule has 0 radical (unpaired) electrons. The Labute approximate surface area is 147 Å². The Hall–Kier alpha value is -1.97. The van der Waals surface area contributed by atoms with Crippen LogP contribution < -0.4 is 0 Å². The van der Waals surface area contributed by atoms with Crippen molar-refractivity contribution >= 4 is 17.8 Å². The number of ether oxygens (including phenoxy) is 3. The standard InChI is InChI=1S/C11H15NO5.C5H11NO2/c1-8(13)12-6-5-9(7-12)17-11(15)4-3-10(14)16-2;7-5-6-1-3-8-4-2-6/h3-4,9H,5-7H2,1-2H3;7H,1-5H2/b4-3+;/t9-;/m1./s1. The normalized spacial score (nSPS) is 20.8. The molecule has 0 aromatic carbocycles. The number of hydrogen-bond donors (Lipinski definition) is 1. The summed E-state index contributed by atoms with van der Waals surface area (Å²) in [5, 5.41) is 8.56. The van der Waals surface area contributed by atoms with Crippen molar-refractivity contribution in [1.82, 2.24) is 9.80 Å². The number of hydrogen-bond acceptors (Lipinski definition) is 8. The van der Waals surface area contributed by atoms with Crippen molar-refractivity contribution in [3.05, 3.63) is 12.2 Å². The summed E-state index contributed by atoms with van der Waals surface area (Å²) in [7, 11) is 1.22. The second-order valence-electron chi connectivity index (χ2n) is 5.54. The molecule has 1 atom stereocenters. The number of esters is 2. The van der Waals surface area contributed by atoms with Gasteiger partial charge in [0.2, 0.25) is 5.91 Å². The Morgan fingerprint density at radius 3 is 2.28 bits per heavy atom. The van der Waals surface area contributed by atoms with E-state index in [-0.39, 0.29) is 18.7 Å². The van der Waals surface area contributed by atoms with Gasteiger partial charge in [0.1, 0.15) is 6.10 Å². The summed E-state index contributed by atoms with van der Waals surface area (Å²) < 4.78 is 14.4. The number of amides is 1. The Balaban J connectivity index is 0.000000324. The Bertz CT molecular complexity index is 475. The second kappa shape index (κ2) is 11.6. The molecule has 2 heterocycles. The average molecular weight is 358 g/mol. The topological polar surface area (TPSA) is 106 Å². The van der Waals surface area contributed by atoms with E-state index < -0.39 is 11.9 Å². The molecule has 0 aliphatic carbocycles. The van der Waals surface area contributed by atoms with E-state index in [1.807, 2.05) is 4.90 Å². The van der Waals surface area contributed by atoms with E-state index in [2.05, 4.69) is 4.74 Å². The minimum Gasteiger partial charge on any atom is -0.466 e. The molecule has 0 bridgehead atoms. The molecule has 2 aliphatic heterocycles. The first-order valence-corrected chi connectivity index (χ1v) is 8.09. The fourth-order valence-corrected chi connectivity index (χ4v) is 2.26. The van der Waals surface area contributed by atoms with Gasteiger partial charge < -0.3 is 24.2 Å². The van der Waals surface area contributed by atoms with Gasteiger partial charge in [-0.2, -0.15) is 0 Å². The van der Waals surface area contributed by atoms with Gasteiger partial charge in [-0.1, -0.05) is 0 Å². The largest absolute Gasteiger partial charge is 0.466 e. The Morgan fingerprint density at radius 2 is 1.80 bits per heavy atom. The van der Waals surface area contributed by atoms with E-state index >= 15 is 0 Å². The third kappa shape index (κ3) is 8.62. The zero-order valence-corrected chi connectivity index (χ0v) is 14.7. The molecule has 1 N–H and O–H groups in total. The van der Waals surface area contributed by atoms with Crippen LogP contribution in [0, 0.1) is 0 Å². The van der Waals surface area contributed by atoms with Crippen LogP contribution in [0.5, 0.6) is 0 Å². The predicted molar refractivity (Wildman–Crippen MR) is 87.4 cm³/mol. The summed E-state index contributed by atoms with van der Waals surface area (Å²) in [6, 6.07) is 0. The highest BCUT2D eigenvalue weighted by Gasteiger charge is 2.26. The number of carbonyl (C=O) groups is 3. The highest BCUT2D eigenvalue weighted by molar-refractivity contribution is 5.91. The van der Waals surface area contributed by atoms with Crippen LogP contribution in [0.2, 0.25) is 0 Å². The summed E-state index contributed by atoms with van der Waals surface area (Å²) in [6.07, 6.45) is 2.34. The third-order valence-corrected chi connectivity index (χ3v) is 3.73. The van der Waals surface area contributed by atoms with Gasteiger partial charge in [0.05, 0.1) is 33.6 Å². The van der Waals surface area contributed by atoms with Crippen LogP contribution in [0.25, 0.3) is 0 Å². The van der Waals surface area contributed by atoms with E-state index in [9.17, 15) is 14.4 Å². The van der Waals surface area contributed by atoms with Gasteiger partial charge in [0.15, 0.2) is 0 Å². The molecule has 0 unspecified atom stereocenters. The molecule has 9 nitrogen and oxygen atoms in total. The second-order valence-corrected chi connectivity index (χ2v) is 5.54. The van der Waals surface area contributed by atoms with Crippen molar-refractivity contribution in [3.63, 3.8) is 0 Å². The zero-order chi connectivity index (χ0) is 18.7. The lowest BCUT2D eigenvalue weighted by Crippen LogP contribution is -2.36. The molecular weight excluding hydrogens is 332 g/mol. The van der Waals surface area contributed by atoms with E-state index in [1.54, 1.807) is 4.90 Å². The summed E-state index contributed by atoms with van der Waals surface area (Å²) in [5.74, 6) is -1.25. The smallest absolute Gasteiger partial charge is 0.331 e. The number of nitrogens with zero attached hydrogens (tertiary/aromatic N) is 2. The van der Waals surface area contributed by atoms with Crippen LogP contribution in [-0.2, 0) is 28.6 Å². The number of morpholine rings is 1. The molecule has 25 heavy (non-hydrogen) atoms. The molecule has 0 aromatic heterocycles. The van der Waals surface area contributed by atoms with Gasteiger partial charge in [-0.15, -0.1) is 0 Å². The van der Waals surface area contributed by atoms with Crippen molar-refractivity contribution in [1.29, 1.82) is 0 Å². The van der Waals surface area contributed by atoms with E-state index in [4.69, 9.17) is 14.6 Å². The Kier molecular flexibility index (Phi) is 9.75. The zero-order valence-electron chi connectivity index (χ0n) is 14.7. The van der Waals surface area contributed by atoms with Crippen molar-refractivity contribution in [2.45, 2.75) is 19.4 Å². The maximum absolute atomic E-state index is 11.3. The van der Waals surface area contributed by atoms with Gasteiger partial charge in [-0.3, -0.25) is 9.69 Å². The van der Waals surface area contributed by atoms with Crippen LogP contribution in [0.4, 0.5) is 0 Å². The van der Waals surface area contributed by atoms with Gasteiger partial charge in [-0.05, 0) is 0 Å². The van der Waals surface area contributed by atoms with Gasteiger partial charge in [0, 0.05) is 45.1 Å². The number of aliphatic hydroxyl groups excluding tert-OH is 1. The van der Waals surface area contributed by atoms with Crippen LogP contribution >= 0.6 is 0 Å². The van der Waals surface area contributed by atoms with Gasteiger partial charge in [-0.25, -0.2) is 9.59 Å². The number of aliphatic hydroxyl groups is 1. The molecule has 142 valence electrons.